The first-order valence-corrected chi connectivity index (χ1v) is 7.90. The Morgan fingerprint density at radius 3 is 2.52 bits per heavy atom. The molecule has 0 spiro atoms. The predicted octanol–water partition coefficient (Wildman–Crippen LogP) is 3.31. The van der Waals surface area contributed by atoms with Crippen LogP contribution < -0.4 is 15.8 Å². The molecule has 0 saturated heterocycles. The molecule has 0 aliphatic carbocycles. The molecule has 2 heterocycles. The lowest BCUT2D eigenvalue weighted by atomic mass is 10.2. The third-order valence-electron chi connectivity index (χ3n) is 3.16. The minimum absolute atomic E-state index is 0.129. The third-order valence-corrected chi connectivity index (χ3v) is 3.45. The quantitative estimate of drug-likeness (QED) is 0.704. The normalized spacial score (nSPS) is 15.1. The summed E-state index contributed by atoms with van der Waals surface area (Å²) in [6.07, 6.45) is -4.80. The largest absolute Gasteiger partial charge is 0.478 e. The Morgan fingerprint density at radius 1 is 1.37 bits per heavy atom. The zero-order chi connectivity index (χ0) is 20.6. The lowest BCUT2D eigenvalue weighted by Gasteiger charge is -2.25. The topological polar surface area (TPSA) is 104 Å². The van der Waals surface area contributed by atoms with E-state index >= 15 is 0 Å². The molecule has 148 valence electrons. The first-order valence-electron chi connectivity index (χ1n) is 7.52. The molecule has 1 amide bonds. The summed E-state index contributed by atoms with van der Waals surface area (Å²) in [5.74, 6) is -1.84. The molecule has 1 aromatic rings. The highest BCUT2D eigenvalue weighted by Crippen LogP contribution is 2.39. The lowest BCUT2D eigenvalue weighted by Crippen LogP contribution is -2.37. The maximum Gasteiger partial charge on any atom is 0.433 e. The van der Waals surface area contributed by atoms with Gasteiger partial charge in [0.15, 0.2) is 5.70 Å². The van der Waals surface area contributed by atoms with E-state index in [-0.39, 0.29) is 16.5 Å². The highest BCUT2D eigenvalue weighted by Gasteiger charge is 2.46. The van der Waals surface area contributed by atoms with Gasteiger partial charge in [0.1, 0.15) is 11.4 Å². The van der Waals surface area contributed by atoms with Gasteiger partial charge in [-0.3, -0.25) is 10.3 Å². The number of nitrogens with zero attached hydrogens (tertiary/aromatic N) is 2. The van der Waals surface area contributed by atoms with E-state index in [1.54, 1.807) is 20.8 Å². The maximum atomic E-state index is 13.4. The fraction of sp³-hybridized carbons (Fsp3) is 0.400. The van der Waals surface area contributed by atoms with Gasteiger partial charge < -0.3 is 9.84 Å². The number of anilines is 2. The number of amides is 1. The van der Waals surface area contributed by atoms with Crippen molar-refractivity contribution in [3.8, 4) is 0 Å². The first-order chi connectivity index (χ1) is 12.3. The summed E-state index contributed by atoms with van der Waals surface area (Å²) in [5.41, 5.74) is -0.980. The van der Waals surface area contributed by atoms with E-state index in [0.717, 1.165) is 12.3 Å². The van der Waals surface area contributed by atoms with Gasteiger partial charge in [0.25, 0.3) is 0 Å². The number of hydrazine groups is 1. The van der Waals surface area contributed by atoms with E-state index in [4.69, 9.17) is 21.4 Å². The van der Waals surface area contributed by atoms with E-state index in [1.807, 2.05) is 0 Å². The number of aliphatic carboxylic acids is 1. The van der Waals surface area contributed by atoms with Crippen molar-refractivity contribution < 1.29 is 32.6 Å². The lowest BCUT2D eigenvalue weighted by molar-refractivity contribution is -0.133. The van der Waals surface area contributed by atoms with Crippen molar-refractivity contribution in [2.24, 2.45) is 0 Å². The summed E-state index contributed by atoms with van der Waals surface area (Å²) in [6, 6.07) is 1.07. The average molecular weight is 409 g/mol. The van der Waals surface area contributed by atoms with Gasteiger partial charge in [0, 0.05) is 12.6 Å². The van der Waals surface area contributed by atoms with E-state index in [2.05, 4.69) is 15.7 Å². The SMILES string of the molecule is CC(C)(C)OC(=O)Nc1cc(N2NCC(C(=O)O)=C2C(F)(F)F)c(Cl)cn1. The molecule has 0 bridgehead atoms. The summed E-state index contributed by atoms with van der Waals surface area (Å²) >= 11 is 5.94. The number of hydrogen-bond donors (Lipinski definition) is 3. The second-order valence-corrected chi connectivity index (χ2v) is 6.86. The molecule has 0 fully saturated rings. The smallest absolute Gasteiger partial charge is 0.433 e. The number of allylic oxidation sites excluding steroid dienone is 1. The fourth-order valence-corrected chi connectivity index (χ4v) is 2.40. The second kappa shape index (κ2) is 7.24. The van der Waals surface area contributed by atoms with E-state index in [1.165, 1.54) is 0 Å². The van der Waals surface area contributed by atoms with Crippen LogP contribution in [0.4, 0.5) is 29.5 Å². The molecule has 8 nitrogen and oxygen atoms in total. The van der Waals surface area contributed by atoms with Gasteiger partial charge in [0.2, 0.25) is 0 Å². The molecule has 3 N–H and O–H groups in total. The molecule has 0 saturated carbocycles. The summed E-state index contributed by atoms with van der Waals surface area (Å²) in [7, 11) is 0. The van der Waals surface area contributed by atoms with Crippen LogP contribution in [0.5, 0.6) is 0 Å². The maximum absolute atomic E-state index is 13.4. The Bertz CT molecular complexity index is 805. The van der Waals surface area contributed by atoms with Crippen molar-refractivity contribution in [3.63, 3.8) is 0 Å². The van der Waals surface area contributed by atoms with Crippen molar-refractivity contribution >= 4 is 35.2 Å². The summed E-state index contributed by atoms with van der Waals surface area (Å²) in [5, 5.41) is 11.6. The number of halogens is 4. The van der Waals surface area contributed by atoms with Crippen molar-refractivity contribution in [2.75, 3.05) is 16.9 Å². The van der Waals surface area contributed by atoms with Crippen LogP contribution in [0.2, 0.25) is 5.02 Å². The van der Waals surface area contributed by atoms with Crippen molar-refractivity contribution in [1.29, 1.82) is 0 Å². The van der Waals surface area contributed by atoms with Crippen LogP contribution in [0.1, 0.15) is 20.8 Å². The van der Waals surface area contributed by atoms with E-state index < -0.39 is 41.7 Å². The predicted molar refractivity (Wildman–Crippen MR) is 90.3 cm³/mol. The van der Waals surface area contributed by atoms with Crippen LogP contribution in [0.25, 0.3) is 0 Å². The fourth-order valence-electron chi connectivity index (χ4n) is 2.21. The number of carboxylic acid groups (broad SMARTS) is 1. The molecular formula is C15H16ClF3N4O4. The number of alkyl halides is 3. The van der Waals surface area contributed by atoms with Crippen LogP contribution in [-0.4, -0.2) is 40.5 Å². The van der Waals surface area contributed by atoms with Gasteiger partial charge >= 0.3 is 18.2 Å². The number of carbonyl (C=O) groups is 2. The second-order valence-electron chi connectivity index (χ2n) is 6.45. The Kier molecular flexibility index (Phi) is 5.57. The zero-order valence-electron chi connectivity index (χ0n) is 14.4. The number of rotatable bonds is 3. The molecule has 0 atom stereocenters. The number of hydrogen-bond acceptors (Lipinski definition) is 6. The van der Waals surface area contributed by atoms with Gasteiger partial charge in [-0.2, -0.15) is 13.2 Å². The number of nitrogens with one attached hydrogen (secondary N) is 2. The number of aromatic nitrogens is 1. The molecule has 0 unspecified atom stereocenters. The van der Waals surface area contributed by atoms with Crippen molar-refractivity contribution in [3.05, 3.63) is 28.6 Å². The zero-order valence-corrected chi connectivity index (χ0v) is 15.2. The molecule has 1 aliphatic heterocycles. The highest BCUT2D eigenvalue weighted by molar-refractivity contribution is 6.33. The minimum Gasteiger partial charge on any atom is -0.478 e. The van der Waals surface area contributed by atoms with Crippen LogP contribution in [0.3, 0.4) is 0 Å². The number of pyridine rings is 1. The number of carbonyl (C=O) groups excluding carboxylic acids is 1. The molecular weight excluding hydrogens is 393 g/mol. The van der Waals surface area contributed by atoms with Crippen molar-refractivity contribution in [2.45, 2.75) is 32.5 Å². The number of ether oxygens (including phenoxy) is 1. The molecule has 2 rings (SSSR count). The van der Waals surface area contributed by atoms with Crippen LogP contribution in [0.15, 0.2) is 23.5 Å². The standard InChI is InChI=1S/C15H16ClF3N4O4/c1-14(2,3)27-13(26)22-10-4-9(8(16)6-20-10)23-11(15(17,18)19)7(5-21-23)12(24)25/h4,6,21H,5H2,1-3H3,(H,24,25)(H,20,22,26). The molecule has 1 aromatic heterocycles. The molecule has 0 aromatic carbocycles. The molecule has 1 aliphatic rings. The highest BCUT2D eigenvalue weighted by atomic mass is 35.5. The Labute approximate surface area is 156 Å². The summed E-state index contributed by atoms with van der Waals surface area (Å²) < 4.78 is 45.2. The number of carboxylic acids is 1. The van der Waals surface area contributed by atoms with Gasteiger partial charge in [-0.15, -0.1) is 0 Å². The Morgan fingerprint density at radius 2 is 2.00 bits per heavy atom. The third kappa shape index (κ3) is 5.01. The van der Waals surface area contributed by atoms with Gasteiger partial charge in [-0.25, -0.2) is 20.0 Å². The Hall–Kier alpha value is -2.53. The minimum atomic E-state index is -4.96. The van der Waals surface area contributed by atoms with Crippen molar-refractivity contribution in [1.82, 2.24) is 10.4 Å². The van der Waals surface area contributed by atoms with Crippen LogP contribution >= 0.6 is 11.6 Å². The Balaban J connectivity index is 2.39. The van der Waals surface area contributed by atoms with Gasteiger partial charge in [0.05, 0.1) is 22.5 Å². The molecule has 12 heteroatoms. The molecule has 27 heavy (non-hydrogen) atoms. The monoisotopic (exact) mass is 408 g/mol. The summed E-state index contributed by atoms with van der Waals surface area (Å²) in [4.78, 5) is 26.7. The van der Waals surface area contributed by atoms with Gasteiger partial charge in [-0.1, -0.05) is 11.6 Å². The van der Waals surface area contributed by atoms with E-state index in [9.17, 15) is 22.8 Å². The van der Waals surface area contributed by atoms with E-state index in [0.29, 0.717) is 5.01 Å². The van der Waals surface area contributed by atoms with Crippen LogP contribution in [0, 0.1) is 0 Å². The van der Waals surface area contributed by atoms with Gasteiger partial charge in [-0.05, 0) is 20.8 Å². The first kappa shape index (κ1) is 20.8. The molecule has 0 radical (unpaired) electrons. The van der Waals surface area contributed by atoms with Crippen LogP contribution in [-0.2, 0) is 9.53 Å². The summed E-state index contributed by atoms with van der Waals surface area (Å²) in [6.45, 7) is 4.34. The average Bonchev–Trinajstić information content (AvgIpc) is 2.92.